The molecule has 3 aromatic rings. The van der Waals surface area contributed by atoms with Crippen LogP contribution < -0.4 is 14.2 Å². The largest absolute Gasteiger partial charge is 0.495 e. The molecular weight excluding hydrogens is 461 g/mol. The van der Waals surface area contributed by atoms with E-state index in [4.69, 9.17) is 9.47 Å². The Bertz CT molecular complexity index is 1070. The number of nitrogens with one attached hydrogen (secondary N) is 1. The minimum atomic E-state index is -3.75. The van der Waals surface area contributed by atoms with Gasteiger partial charge in [0.05, 0.1) is 7.11 Å². The van der Waals surface area contributed by atoms with Gasteiger partial charge >= 0.3 is 0 Å². The summed E-state index contributed by atoms with van der Waals surface area (Å²) in [4.78, 5) is 0.0635. The molecule has 0 heterocycles. The Morgan fingerprint density at radius 2 is 1.62 bits per heavy atom. The van der Waals surface area contributed by atoms with Crippen molar-refractivity contribution in [2.24, 2.45) is 0 Å². The standard InChI is InChI=1S/C21H19BrFNO4S/c1-27-20-11-6-17(22)12-21(20)29(25,26)24-13-15-4-9-19(10-5-15)28-14-16-2-7-18(23)8-3-16/h2-12,24H,13-14H2,1H3. The molecule has 0 saturated heterocycles. The van der Waals surface area contributed by atoms with E-state index in [1.165, 1.54) is 25.3 Å². The van der Waals surface area contributed by atoms with E-state index < -0.39 is 10.0 Å². The Labute approximate surface area is 177 Å². The molecule has 0 unspecified atom stereocenters. The van der Waals surface area contributed by atoms with E-state index in [1.807, 2.05) is 0 Å². The summed E-state index contributed by atoms with van der Waals surface area (Å²) < 4.78 is 52.2. The van der Waals surface area contributed by atoms with Crippen LogP contribution in [0.25, 0.3) is 0 Å². The molecule has 152 valence electrons. The van der Waals surface area contributed by atoms with Crippen molar-refractivity contribution >= 4 is 26.0 Å². The van der Waals surface area contributed by atoms with Gasteiger partial charge in [0.15, 0.2) is 0 Å². The number of rotatable bonds is 8. The third-order valence-corrected chi connectivity index (χ3v) is 6.04. The Hall–Kier alpha value is -2.42. The maximum atomic E-state index is 12.9. The minimum Gasteiger partial charge on any atom is -0.495 e. The Kier molecular flexibility index (Phi) is 6.89. The normalized spacial score (nSPS) is 11.3. The van der Waals surface area contributed by atoms with Gasteiger partial charge in [-0.25, -0.2) is 17.5 Å². The van der Waals surface area contributed by atoms with E-state index in [1.54, 1.807) is 48.5 Å². The third-order valence-electron chi connectivity index (χ3n) is 4.12. The molecule has 1 N–H and O–H groups in total. The van der Waals surface area contributed by atoms with Crippen molar-refractivity contribution in [1.82, 2.24) is 4.72 Å². The van der Waals surface area contributed by atoms with Gasteiger partial charge in [-0.05, 0) is 53.6 Å². The lowest BCUT2D eigenvalue weighted by molar-refractivity contribution is 0.306. The fraction of sp³-hybridized carbons (Fsp3) is 0.143. The highest BCUT2D eigenvalue weighted by atomic mass is 79.9. The molecule has 0 saturated carbocycles. The van der Waals surface area contributed by atoms with Crippen LogP contribution >= 0.6 is 15.9 Å². The van der Waals surface area contributed by atoms with Crippen molar-refractivity contribution in [3.63, 3.8) is 0 Å². The van der Waals surface area contributed by atoms with Gasteiger partial charge < -0.3 is 9.47 Å². The summed E-state index contributed by atoms with van der Waals surface area (Å²) in [5.74, 6) is 0.612. The first-order chi connectivity index (χ1) is 13.9. The summed E-state index contributed by atoms with van der Waals surface area (Å²) in [6.45, 7) is 0.436. The molecule has 0 aliphatic rings. The molecule has 5 nitrogen and oxygen atoms in total. The molecule has 8 heteroatoms. The Morgan fingerprint density at radius 1 is 0.966 bits per heavy atom. The van der Waals surface area contributed by atoms with Crippen LogP contribution in [0.3, 0.4) is 0 Å². The van der Waals surface area contributed by atoms with Crippen LogP contribution in [0.1, 0.15) is 11.1 Å². The van der Waals surface area contributed by atoms with Crippen molar-refractivity contribution in [2.45, 2.75) is 18.0 Å². The molecule has 0 fully saturated rings. The van der Waals surface area contributed by atoms with E-state index in [2.05, 4.69) is 20.7 Å². The average Bonchev–Trinajstić information content (AvgIpc) is 2.72. The van der Waals surface area contributed by atoms with Gasteiger partial charge in [0.1, 0.15) is 28.8 Å². The van der Waals surface area contributed by atoms with E-state index in [0.717, 1.165) is 11.1 Å². The average molecular weight is 480 g/mol. The zero-order valence-electron chi connectivity index (χ0n) is 15.6. The SMILES string of the molecule is COc1ccc(Br)cc1S(=O)(=O)NCc1ccc(OCc2ccc(F)cc2)cc1. The van der Waals surface area contributed by atoms with Crippen LogP contribution in [-0.2, 0) is 23.2 Å². The zero-order valence-corrected chi connectivity index (χ0v) is 18.0. The summed E-state index contributed by atoms with van der Waals surface area (Å²) in [5.41, 5.74) is 1.63. The van der Waals surface area contributed by atoms with E-state index in [0.29, 0.717) is 16.8 Å². The fourth-order valence-electron chi connectivity index (χ4n) is 2.57. The maximum absolute atomic E-state index is 12.9. The molecule has 0 aliphatic heterocycles. The first kappa shape index (κ1) is 21.3. The van der Waals surface area contributed by atoms with E-state index in [-0.39, 0.29) is 23.0 Å². The number of hydrogen-bond acceptors (Lipinski definition) is 4. The number of hydrogen-bond donors (Lipinski definition) is 1. The second-order valence-electron chi connectivity index (χ2n) is 6.18. The Morgan fingerprint density at radius 3 is 2.28 bits per heavy atom. The number of halogens is 2. The highest BCUT2D eigenvalue weighted by Gasteiger charge is 2.19. The molecule has 0 aromatic heterocycles. The summed E-state index contributed by atoms with van der Waals surface area (Å²) in [6, 6.07) is 18.0. The summed E-state index contributed by atoms with van der Waals surface area (Å²) in [7, 11) is -2.33. The smallest absolute Gasteiger partial charge is 0.244 e. The lowest BCUT2D eigenvalue weighted by atomic mass is 10.2. The molecule has 0 radical (unpaired) electrons. The summed E-state index contributed by atoms with van der Waals surface area (Å²) >= 11 is 3.28. The van der Waals surface area contributed by atoms with Gasteiger partial charge in [0.25, 0.3) is 0 Å². The van der Waals surface area contributed by atoms with Gasteiger partial charge in [-0.1, -0.05) is 40.2 Å². The lowest BCUT2D eigenvalue weighted by Crippen LogP contribution is -2.23. The van der Waals surface area contributed by atoms with E-state index in [9.17, 15) is 12.8 Å². The molecule has 3 rings (SSSR count). The van der Waals surface area contributed by atoms with Crippen molar-refractivity contribution in [3.05, 3.63) is 88.1 Å². The highest BCUT2D eigenvalue weighted by molar-refractivity contribution is 9.10. The first-order valence-corrected chi connectivity index (χ1v) is 10.9. The molecule has 3 aromatic carbocycles. The third kappa shape index (κ3) is 5.79. The summed E-state index contributed by atoms with van der Waals surface area (Å²) in [6.07, 6.45) is 0. The number of methoxy groups -OCH3 is 1. The van der Waals surface area contributed by atoms with Crippen molar-refractivity contribution in [2.75, 3.05) is 7.11 Å². The maximum Gasteiger partial charge on any atom is 0.244 e. The van der Waals surface area contributed by atoms with Crippen LogP contribution in [0.5, 0.6) is 11.5 Å². The van der Waals surface area contributed by atoms with Gasteiger partial charge in [-0.15, -0.1) is 0 Å². The van der Waals surface area contributed by atoms with Gasteiger partial charge in [0, 0.05) is 11.0 Å². The fourth-order valence-corrected chi connectivity index (χ4v) is 4.29. The topological polar surface area (TPSA) is 64.6 Å². The van der Waals surface area contributed by atoms with E-state index >= 15 is 0 Å². The quantitative estimate of drug-likeness (QED) is 0.510. The van der Waals surface area contributed by atoms with Crippen molar-refractivity contribution < 1.29 is 22.3 Å². The van der Waals surface area contributed by atoms with Crippen LogP contribution in [0.4, 0.5) is 4.39 Å². The second kappa shape index (κ2) is 9.39. The molecule has 0 aliphatic carbocycles. The van der Waals surface area contributed by atoms with Gasteiger partial charge in [0.2, 0.25) is 10.0 Å². The van der Waals surface area contributed by atoms with Gasteiger partial charge in [-0.3, -0.25) is 0 Å². The predicted octanol–water partition coefficient (Wildman–Crippen LogP) is 4.65. The van der Waals surface area contributed by atoms with Gasteiger partial charge in [-0.2, -0.15) is 0 Å². The first-order valence-electron chi connectivity index (χ1n) is 8.67. The predicted molar refractivity (Wildman–Crippen MR) is 112 cm³/mol. The molecule has 0 bridgehead atoms. The second-order valence-corrected chi connectivity index (χ2v) is 8.83. The number of benzene rings is 3. The van der Waals surface area contributed by atoms with Crippen molar-refractivity contribution in [1.29, 1.82) is 0 Å². The number of ether oxygens (including phenoxy) is 2. The molecule has 0 spiro atoms. The molecule has 0 amide bonds. The number of sulfonamides is 1. The van der Waals surface area contributed by atoms with Crippen LogP contribution in [0, 0.1) is 5.82 Å². The summed E-state index contributed by atoms with van der Waals surface area (Å²) in [5, 5.41) is 0. The Balaban J connectivity index is 1.61. The van der Waals surface area contributed by atoms with Crippen LogP contribution in [0.15, 0.2) is 76.1 Å². The van der Waals surface area contributed by atoms with Crippen molar-refractivity contribution in [3.8, 4) is 11.5 Å². The van der Waals surface area contributed by atoms with Crippen LogP contribution in [-0.4, -0.2) is 15.5 Å². The molecule has 0 atom stereocenters. The minimum absolute atomic E-state index is 0.0635. The van der Waals surface area contributed by atoms with Crippen LogP contribution in [0.2, 0.25) is 0 Å². The molecule has 29 heavy (non-hydrogen) atoms. The lowest BCUT2D eigenvalue weighted by Gasteiger charge is -2.12. The molecular formula is C21H19BrFNO4S. The zero-order chi connectivity index (χ0) is 20.9. The highest BCUT2D eigenvalue weighted by Crippen LogP contribution is 2.27. The monoisotopic (exact) mass is 479 g/mol.